The summed E-state index contributed by atoms with van der Waals surface area (Å²) in [7, 11) is 3.09. The first kappa shape index (κ1) is 22.7. The summed E-state index contributed by atoms with van der Waals surface area (Å²) in [5, 5.41) is 26.1. The number of carboxylic acid groups (broad SMARTS) is 1. The Morgan fingerprint density at radius 3 is 2.56 bits per heavy atom. The molecule has 4 rings (SSSR count). The van der Waals surface area contributed by atoms with Crippen LogP contribution in [-0.2, 0) is 4.79 Å². The number of thioether (sulfide) groups is 1. The van der Waals surface area contributed by atoms with Gasteiger partial charge in [-0.1, -0.05) is 12.1 Å². The number of carboxylic acids is 1. The molecule has 10 heteroatoms. The van der Waals surface area contributed by atoms with Crippen LogP contribution in [-0.4, -0.2) is 40.5 Å². The van der Waals surface area contributed by atoms with Crippen molar-refractivity contribution in [1.29, 1.82) is 5.26 Å². The van der Waals surface area contributed by atoms with Gasteiger partial charge in [0.15, 0.2) is 5.82 Å². The summed E-state index contributed by atoms with van der Waals surface area (Å²) in [6.07, 6.45) is 1.39. The number of rotatable bonds is 8. The zero-order valence-corrected chi connectivity index (χ0v) is 18.9. The lowest BCUT2D eigenvalue weighted by Gasteiger charge is -2.06. The van der Waals surface area contributed by atoms with E-state index in [1.165, 1.54) is 6.08 Å². The average Bonchev–Trinajstić information content (AvgIpc) is 3.53. The van der Waals surface area contributed by atoms with Crippen LogP contribution in [0.1, 0.15) is 11.3 Å². The van der Waals surface area contributed by atoms with Crippen molar-refractivity contribution in [2.24, 2.45) is 0 Å². The highest BCUT2D eigenvalue weighted by atomic mass is 32.2. The Kier molecular flexibility index (Phi) is 6.66. The minimum absolute atomic E-state index is 0.0387. The number of ether oxygens (including phenoxy) is 2. The SMILES string of the molecule is COc1cc(OC)cc(-c2nc(S/C(=C\c3ccc(-c4ccccc4C#N)o3)C(=O)O)n[nH]2)c1. The molecule has 170 valence electrons. The lowest BCUT2D eigenvalue weighted by Crippen LogP contribution is -1.97. The third kappa shape index (κ3) is 4.95. The van der Waals surface area contributed by atoms with Gasteiger partial charge in [0, 0.05) is 23.3 Å². The number of benzene rings is 2. The summed E-state index contributed by atoms with van der Waals surface area (Å²) < 4.78 is 16.3. The molecule has 0 bridgehead atoms. The van der Waals surface area contributed by atoms with Crippen molar-refractivity contribution in [1.82, 2.24) is 15.2 Å². The van der Waals surface area contributed by atoms with Crippen molar-refractivity contribution < 1.29 is 23.8 Å². The Balaban J connectivity index is 1.59. The predicted octanol–water partition coefficient (Wildman–Crippen LogP) is 4.84. The summed E-state index contributed by atoms with van der Waals surface area (Å²) in [5.74, 6) is 1.22. The van der Waals surface area contributed by atoms with Gasteiger partial charge in [0.05, 0.1) is 25.9 Å². The van der Waals surface area contributed by atoms with Gasteiger partial charge in [0.2, 0.25) is 5.16 Å². The Morgan fingerprint density at radius 1 is 1.15 bits per heavy atom. The van der Waals surface area contributed by atoms with Crippen molar-refractivity contribution in [2.45, 2.75) is 5.16 Å². The van der Waals surface area contributed by atoms with Gasteiger partial charge < -0.3 is 19.0 Å². The minimum atomic E-state index is -1.16. The van der Waals surface area contributed by atoms with E-state index in [9.17, 15) is 15.2 Å². The van der Waals surface area contributed by atoms with Crippen LogP contribution in [0.5, 0.6) is 11.5 Å². The van der Waals surface area contributed by atoms with Crippen molar-refractivity contribution >= 4 is 23.8 Å². The Hall–Kier alpha value is -4.49. The molecule has 0 radical (unpaired) electrons. The molecule has 0 unspecified atom stereocenters. The number of methoxy groups -OCH3 is 2. The number of nitriles is 1. The fraction of sp³-hybridized carbons (Fsp3) is 0.0833. The molecule has 0 spiro atoms. The van der Waals surface area contributed by atoms with Crippen LogP contribution in [0.3, 0.4) is 0 Å². The largest absolute Gasteiger partial charge is 0.497 e. The first-order valence-electron chi connectivity index (χ1n) is 9.88. The van der Waals surface area contributed by atoms with Gasteiger partial charge in [-0.05, 0) is 48.2 Å². The quantitative estimate of drug-likeness (QED) is 0.272. The molecule has 0 aliphatic heterocycles. The van der Waals surface area contributed by atoms with Gasteiger partial charge in [-0.15, -0.1) is 5.10 Å². The number of carbonyl (C=O) groups is 1. The van der Waals surface area contributed by atoms with Gasteiger partial charge in [-0.3, -0.25) is 5.10 Å². The third-order valence-corrected chi connectivity index (χ3v) is 5.59. The molecule has 0 saturated heterocycles. The van der Waals surface area contributed by atoms with Crippen LogP contribution < -0.4 is 9.47 Å². The highest BCUT2D eigenvalue weighted by Crippen LogP contribution is 2.32. The lowest BCUT2D eigenvalue weighted by molar-refractivity contribution is -0.131. The number of aromatic nitrogens is 3. The Bertz CT molecular complexity index is 1390. The molecule has 4 aromatic rings. The van der Waals surface area contributed by atoms with Crippen molar-refractivity contribution in [2.75, 3.05) is 14.2 Å². The third-order valence-electron chi connectivity index (χ3n) is 4.71. The summed E-state index contributed by atoms with van der Waals surface area (Å²) >= 11 is 0.873. The van der Waals surface area contributed by atoms with E-state index in [1.54, 1.807) is 68.8 Å². The number of hydrogen-bond acceptors (Lipinski definition) is 8. The first-order valence-corrected chi connectivity index (χ1v) is 10.7. The van der Waals surface area contributed by atoms with Crippen LogP contribution in [0.2, 0.25) is 0 Å². The molecule has 9 nitrogen and oxygen atoms in total. The van der Waals surface area contributed by atoms with Crippen molar-refractivity contribution in [3.8, 4) is 40.3 Å². The first-order chi connectivity index (χ1) is 16.5. The van der Waals surface area contributed by atoms with Crippen LogP contribution in [0.15, 0.2) is 69.1 Å². The van der Waals surface area contributed by atoms with Crippen LogP contribution in [0.25, 0.3) is 28.8 Å². The highest BCUT2D eigenvalue weighted by Gasteiger charge is 2.17. The number of nitrogens with zero attached hydrogens (tertiary/aromatic N) is 3. The van der Waals surface area contributed by atoms with Crippen molar-refractivity contribution in [3.63, 3.8) is 0 Å². The molecule has 2 heterocycles. The molecule has 2 aromatic carbocycles. The summed E-state index contributed by atoms with van der Waals surface area (Å²) in [6.45, 7) is 0. The normalized spacial score (nSPS) is 11.1. The van der Waals surface area contributed by atoms with E-state index in [0.29, 0.717) is 45.5 Å². The van der Waals surface area contributed by atoms with Gasteiger partial charge in [-0.25, -0.2) is 9.78 Å². The molecule has 0 amide bonds. The van der Waals surface area contributed by atoms with Gasteiger partial charge in [-0.2, -0.15) is 5.26 Å². The number of aliphatic carboxylic acids is 1. The molecule has 0 saturated carbocycles. The maximum atomic E-state index is 11.9. The zero-order valence-electron chi connectivity index (χ0n) is 18.1. The molecule has 34 heavy (non-hydrogen) atoms. The smallest absolute Gasteiger partial charge is 0.342 e. The van der Waals surface area contributed by atoms with Gasteiger partial charge >= 0.3 is 5.97 Å². The van der Waals surface area contributed by atoms with Crippen LogP contribution in [0.4, 0.5) is 0 Å². The van der Waals surface area contributed by atoms with Crippen LogP contribution in [0, 0.1) is 11.3 Å². The number of H-pyrrole nitrogens is 1. The number of nitrogens with one attached hydrogen (secondary N) is 1. The number of aromatic amines is 1. The van der Waals surface area contributed by atoms with E-state index < -0.39 is 5.97 Å². The second-order valence-electron chi connectivity index (χ2n) is 6.84. The standard InChI is InChI=1S/C24H18N4O5S/c1-31-17-9-15(10-18(11-17)32-2)22-26-24(28-27-22)34-21(23(29)30)12-16-7-8-20(33-16)19-6-4-3-5-14(19)13-25/h3-12H,1-2H3,(H,29,30)(H,26,27,28)/b21-12-. The van der Waals surface area contributed by atoms with E-state index in [4.69, 9.17) is 13.9 Å². The fourth-order valence-corrected chi connectivity index (χ4v) is 3.79. The summed E-state index contributed by atoms with van der Waals surface area (Å²) in [6, 6.07) is 17.7. The highest BCUT2D eigenvalue weighted by molar-refractivity contribution is 8.04. The predicted molar refractivity (Wildman–Crippen MR) is 125 cm³/mol. The second kappa shape index (κ2) is 9.97. The van der Waals surface area contributed by atoms with Gasteiger partial charge in [0.1, 0.15) is 27.9 Å². The average molecular weight is 474 g/mol. The molecule has 2 aromatic heterocycles. The van der Waals surface area contributed by atoms with Crippen LogP contribution >= 0.6 is 11.8 Å². The topological polar surface area (TPSA) is 134 Å². The monoisotopic (exact) mass is 474 g/mol. The van der Waals surface area contributed by atoms with E-state index in [-0.39, 0.29) is 10.1 Å². The van der Waals surface area contributed by atoms with E-state index in [0.717, 1.165) is 11.8 Å². The van der Waals surface area contributed by atoms with E-state index in [2.05, 4.69) is 21.3 Å². The Labute approximate surface area is 198 Å². The van der Waals surface area contributed by atoms with Crippen molar-refractivity contribution in [3.05, 3.63) is 70.8 Å². The summed E-state index contributed by atoms with van der Waals surface area (Å²) in [5.41, 5.74) is 1.76. The fourth-order valence-electron chi connectivity index (χ4n) is 3.10. The lowest BCUT2D eigenvalue weighted by atomic mass is 10.1. The van der Waals surface area contributed by atoms with E-state index in [1.807, 2.05) is 0 Å². The number of hydrogen-bond donors (Lipinski definition) is 2. The number of furan rings is 1. The van der Waals surface area contributed by atoms with E-state index >= 15 is 0 Å². The molecular weight excluding hydrogens is 456 g/mol. The van der Waals surface area contributed by atoms with Gasteiger partial charge in [0.25, 0.3) is 0 Å². The maximum absolute atomic E-state index is 11.9. The minimum Gasteiger partial charge on any atom is -0.497 e. The maximum Gasteiger partial charge on any atom is 0.342 e. The molecule has 0 aliphatic rings. The molecule has 0 aliphatic carbocycles. The molecule has 2 N–H and O–H groups in total. The summed E-state index contributed by atoms with van der Waals surface area (Å²) in [4.78, 5) is 16.2. The molecule has 0 fully saturated rings. The molecule has 0 atom stereocenters. The zero-order chi connectivity index (χ0) is 24.1. The second-order valence-corrected chi connectivity index (χ2v) is 7.85. The molecular formula is C24H18N4O5S. The Morgan fingerprint density at radius 2 is 1.88 bits per heavy atom.